The topological polar surface area (TPSA) is 17.1 Å². The number of carbonyl (C=O) groups excluding carboxylic acids is 1. The molecule has 2 aromatic carbocycles. The van der Waals surface area contributed by atoms with Crippen LogP contribution >= 0.6 is 31.9 Å². The molecule has 1 nitrogen and oxygen atoms in total. The Morgan fingerprint density at radius 3 is 2.27 bits per heavy atom. The van der Waals surface area contributed by atoms with E-state index in [4.69, 9.17) is 0 Å². The van der Waals surface area contributed by atoms with Gasteiger partial charge in [0.1, 0.15) is 4.32 Å². The van der Waals surface area contributed by atoms with Crippen LogP contribution in [-0.2, 0) is 5.41 Å². The number of hydrogen-bond acceptors (Lipinski definition) is 1. The number of ketones is 1. The first-order valence-electron chi connectivity index (χ1n) is 7.38. The maximum absolute atomic E-state index is 13.2. The molecule has 1 aliphatic rings. The van der Waals surface area contributed by atoms with Gasteiger partial charge in [-0.2, -0.15) is 0 Å². The van der Waals surface area contributed by atoms with Gasteiger partial charge in [0.2, 0.25) is 0 Å². The van der Waals surface area contributed by atoms with Crippen molar-refractivity contribution in [3.63, 3.8) is 0 Å². The number of halogens is 2. The first-order chi connectivity index (χ1) is 10.4. The smallest absolute Gasteiger partial charge is 0.181 e. The van der Waals surface area contributed by atoms with Crippen LogP contribution in [0.5, 0.6) is 0 Å². The minimum Gasteiger partial charge on any atom is -0.293 e. The highest BCUT2D eigenvalue weighted by Crippen LogP contribution is 2.53. The quantitative estimate of drug-likeness (QED) is 0.558. The fraction of sp³-hybridized carbons (Fsp3) is 0.316. The van der Waals surface area contributed by atoms with E-state index in [2.05, 4.69) is 63.9 Å². The lowest BCUT2D eigenvalue weighted by atomic mass is 9.66. The summed E-state index contributed by atoms with van der Waals surface area (Å²) in [6.07, 6.45) is 0.751. The van der Waals surface area contributed by atoms with Crippen molar-refractivity contribution in [2.75, 3.05) is 0 Å². The largest absolute Gasteiger partial charge is 0.293 e. The van der Waals surface area contributed by atoms with Crippen LogP contribution in [0.1, 0.15) is 46.6 Å². The van der Waals surface area contributed by atoms with Gasteiger partial charge in [-0.05, 0) is 23.0 Å². The van der Waals surface area contributed by atoms with Crippen LogP contribution in [-0.4, -0.2) is 10.1 Å². The molecule has 1 aliphatic carbocycles. The second-order valence-electron chi connectivity index (χ2n) is 6.57. The molecular weight excluding hydrogens is 404 g/mol. The third-order valence-corrected chi connectivity index (χ3v) is 7.49. The molecule has 0 bridgehead atoms. The van der Waals surface area contributed by atoms with E-state index in [9.17, 15) is 4.79 Å². The molecule has 2 atom stereocenters. The third kappa shape index (κ3) is 2.48. The fourth-order valence-corrected chi connectivity index (χ4v) is 5.26. The Bertz CT molecular complexity index is 708. The van der Waals surface area contributed by atoms with Crippen LogP contribution in [0.25, 0.3) is 0 Å². The standard InChI is InChI=1S/C19H18Br2O/c1-18(2)12-19(21,16(20)13-8-4-3-5-9-13)17(22)14-10-6-7-11-15(14)18/h3-11,16H,12H2,1-2H3/t16-,19-/m0/s1. The van der Waals surface area contributed by atoms with Gasteiger partial charge in [0.25, 0.3) is 0 Å². The molecule has 0 amide bonds. The summed E-state index contributed by atoms with van der Waals surface area (Å²) in [5.74, 6) is 0.160. The van der Waals surface area contributed by atoms with E-state index < -0.39 is 4.32 Å². The number of Topliss-reactive ketones (excluding diaryl/α,β-unsaturated/α-hetero) is 1. The number of alkyl halides is 2. The summed E-state index contributed by atoms with van der Waals surface area (Å²) in [5.41, 5.74) is 3.02. The lowest BCUT2D eigenvalue weighted by molar-refractivity contribution is 0.0908. The van der Waals surface area contributed by atoms with Crippen molar-refractivity contribution in [1.29, 1.82) is 0 Å². The molecule has 2 aromatic rings. The maximum Gasteiger partial charge on any atom is 0.181 e. The first kappa shape index (κ1) is 15.9. The van der Waals surface area contributed by atoms with E-state index in [1.807, 2.05) is 36.4 Å². The molecule has 0 aliphatic heterocycles. The molecule has 3 heteroatoms. The van der Waals surface area contributed by atoms with Crippen molar-refractivity contribution in [1.82, 2.24) is 0 Å². The Kier molecular flexibility index (Phi) is 4.07. The molecule has 0 radical (unpaired) electrons. The zero-order valence-electron chi connectivity index (χ0n) is 12.6. The zero-order chi connectivity index (χ0) is 16.0. The van der Waals surface area contributed by atoms with Gasteiger partial charge in [-0.1, -0.05) is 100 Å². The minimum atomic E-state index is -0.633. The molecule has 0 aromatic heterocycles. The summed E-state index contributed by atoms with van der Waals surface area (Å²) in [4.78, 5) is 13.1. The summed E-state index contributed by atoms with van der Waals surface area (Å²) in [5, 5.41) is 0. The second-order valence-corrected chi connectivity index (χ2v) is 8.90. The van der Waals surface area contributed by atoms with Crippen molar-refractivity contribution < 1.29 is 4.79 Å². The Labute approximate surface area is 148 Å². The lowest BCUT2D eigenvalue weighted by Gasteiger charge is -2.44. The fourth-order valence-electron chi connectivity index (χ4n) is 3.40. The molecule has 0 unspecified atom stereocenters. The summed E-state index contributed by atoms with van der Waals surface area (Å²) >= 11 is 7.59. The molecule has 0 N–H and O–H groups in total. The summed E-state index contributed by atoms with van der Waals surface area (Å²) < 4.78 is -0.633. The van der Waals surface area contributed by atoms with Crippen molar-refractivity contribution in [2.24, 2.45) is 0 Å². The Hall–Kier alpha value is -0.930. The minimum absolute atomic E-state index is 0.0607. The van der Waals surface area contributed by atoms with Crippen LogP contribution in [0, 0.1) is 0 Å². The van der Waals surface area contributed by atoms with E-state index >= 15 is 0 Å². The van der Waals surface area contributed by atoms with Gasteiger partial charge in [-0.15, -0.1) is 0 Å². The number of fused-ring (bicyclic) bond motifs is 1. The maximum atomic E-state index is 13.2. The van der Waals surface area contributed by atoms with Gasteiger partial charge >= 0.3 is 0 Å². The molecule has 0 fully saturated rings. The predicted molar refractivity (Wildman–Crippen MR) is 98.2 cm³/mol. The molecule has 114 valence electrons. The Morgan fingerprint density at radius 2 is 1.59 bits per heavy atom. The highest BCUT2D eigenvalue weighted by molar-refractivity contribution is 9.12. The zero-order valence-corrected chi connectivity index (χ0v) is 15.8. The van der Waals surface area contributed by atoms with Crippen LogP contribution in [0.2, 0.25) is 0 Å². The van der Waals surface area contributed by atoms with E-state index in [1.54, 1.807) is 0 Å². The normalized spacial score (nSPS) is 24.6. The van der Waals surface area contributed by atoms with Gasteiger partial charge in [0, 0.05) is 5.56 Å². The monoisotopic (exact) mass is 420 g/mol. The number of benzene rings is 2. The second kappa shape index (κ2) is 5.61. The van der Waals surface area contributed by atoms with Crippen LogP contribution in [0.15, 0.2) is 54.6 Å². The highest BCUT2D eigenvalue weighted by atomic mass is 79.9. The molecule has 0 spiro atoms. The SMILES string of the molecule is CC1(C)C[C@](Br)([C@@H](Br)c2ccccc2)C(=O)c2ccccc21. The van der Waals surface area contributed by atoms with E-state index in [0.717, 1.165) is 23.1 Å². The van der Waals surface area contributed by atoms with E-state index in [1.165, 1.54) is 0 Å². The van der Waals surface area contributed by atoms with Gasteiger partial charge in [0.05, 0.1) is 4.83 Å². The van der Waals surface area contributed by atoms with Crippen molar-refractivity contribution in [2.45, 2.75) is 34.8 Å². The summed E-state index contributed by atoms with van der Waals surface area (Å²) in [6.45, 7) is 4.41. The molecule has 0 saturated carbocycles. The van der Waals surface area contributed by atoms with Crippen LogP contribution < -0.4 is 0 Å². The summed E-state index contributed by atoms with van der Waals surface area (Å²) in [7, 11) is 0. The van der Waals surface area contributed by atoms with Crippen molar-refractivity contribution in [3.05, 3.63) is 71.3 Å². The third-order valence-electron chi connectivity index (χ3n) is 4.47. The van der Waals surface area contributed by atoms with Gasteiger partial charge in [0.15, 0.2) is 5.78 Å². The lowest BCUT2D eigenvalue weighted by Crippen LogP contribution is -2.47. The predicted octanol–water partition coefficient (Wildman–Crippen LogP) is 5.82. The van der Waals surface area contributed by atoms with Gasteiger partial charge in [-0.25, -0.2) is 0 Å². The van der Waals surface area contributed by atoms with Crippen molar-refractivity contribution >= 4 is 37.6 Å². The van der Waals surface area contributed by atoms with Crippen LogP contribution in [0.4, 0.5) is 0 Å². The summed E-state index contributed by atoms with van der Waals surface area (Å²) in [6, 6.07) is 18.1. The number of rotatable bonds is 2. The van der Waals surface area contributed by atoms with E-state index in [0.29, 0.717) is 0 Å². The molecule has 22 heavy (non-hydrogen) atoms. The highest BCUT2D eigenvalue weighted by Gasteiger charge is 2.51. The molecule has 0 saturated heterocycles. The molecule has 0 heterocycles. The number of hydrogen-bond donors (Lipinski definition) is 0. The first-order valence-corrected chi connectivity index (χ1v) is 9.09. The Morgan fingerprint density at radius 1 is 1.00 bits per heavy atom. The molecule has 3 rings (SSSR count). The average molecular weight is 422 g/mol. The van der Waals surface area contributed by atoms with Gasteiger partial charge in [-0.3, -0.25) is 4.79 Å². The molecular formula is C19H18Br2O. The van der Waals surface area contributed by atoms with Crippen LogP contribution in [0.3, 0.4) is 0 Å². The Balaban J connectivity index is 2.11. The van der Waals surface area contributed by atoms with E-state index in [-0.39, 0.29) is 16.0 Å². The number of carbonyl (C=O) groups is 1. The average Bonchev–Trinajstić information content (AvgIpc) is 2.52. The van der Waals surface area contributed by atoms with Crippen molar-refractivity contribution in [3.8, 4) is 0 Å². The van der Waals surface area contributed by atoms with Gasteiger partial charge < -0.3 is 0 Å².